The third-order valence-corrected chi connectivity index (χ3v) is 4.39. The number of anilines is 1. The van der Waals surface area contributed by atoms with E-state index in [0.29, 0.717) is 11.1 Å². The summed E-state index contributed by atoms with van der Waals surface area (Å²) in [6.45, 7) is 4.94. The van der Waals surface area contributed by atoms with Gasteiger partial charge in [-0.2, -0.15) is 0 Å². The molecule has 1 aromatic heterocycles. The Morgan fingerprint density at radius 3 is 2.83 bits per heavy atom. The van der Waals surface area contributed by atoms with Crippen LogP contribution in [0.3, 0.4) is 0 Å². The van der Waals surface area contributed by atoms with E-state index in [1.165, 1.54) is 11.8 Å². The highest BCUT2D eigenvalue weighted by atomic mass is 32.2. The summed E-state index contributed by atoms with van der Waals surface area (Å²) in [4.78, 5) is 12.3. The minimum atomic E-state index is -0.0737. The van der Waals surface area contributed by atoms with Crippen LogP contribution in [0.1, 0.15) is 13.8 Å². The first-order chi connectivity index (χ1) is 11.6. The lowest BCUT2D eigenvalue weighted by Crippen LogP contribution is -2.15. The van der Waals surface area contributed by atoms with Crippen molar-refractivity contribution >= 4 is 34.1 Å². The second kappa shape index (κ2) is 7.44. The first-order valence-corrected chi connectivity index (χ1v) is 8.78. The number of hydrogen-bond acceptors (Lipinski definition) is 5. The van der Waals surface area contributed by atoms with Gasteiger partial charge >= 0.3 is 0 Å². The van der Waals surface area contributed by atoms with Gasteiger partial charge in [-0.25, -0.2) is 4.68 Å². The molecule has 0 radical (unpaired) electrons. The standard InChI is InChI=1S/C17H19N5OS/c1-12(2)10-22-17(19-20-21-22)24-11-16(23)18-15-9-5-7-13-6-3-4-8-14(13)15/h3-9,12H,10-11H2,1-2H3,(H,18,23). The molecule has 0 spiro atoms. The minimum Gasteiger partial charge on any atom is -0.325 e. The van der Waals surface area contributed by atoms with Crippen LogP contribution in [-0.2, 0) is 11.3 Å². The summed E-state index contributed by atoms with van der Waals surface area (Å²) in [7, 11) is 0. The maximum absolute atomic E-state index is 12.3. The Kier molecular flexibility index (Phi) is 5.10. The van der Waals surface area contributed by atoms with Crippen molar-refractivity contribution in [3.63, 3.8) is 0 Å². The van der Waals surface area contributed by atoms with Crippen LogP contribution < -0.4 is 5.32 Å². The Hall–Kier alpha value is -2.41. The Morgan fingerprint density at radius 1 is 1.21 bits per heavy atom. The molecule has 2 aromatic carbocycles. The van der Waals surface area contributed by atoms with E-state index in [-0.39, 0.29) is 11.7 Å². The fourth-order valence-corrected chi connectivity index (χ4v) is 3.10. The maximum Gasteiger partial charge on any atom is 0.234 e. The zero-order valence-electron chi connectivity index (χ0n) is 13.6. The fourth-order valence-electron chi connectivity index (χ4n) is 2.41. The second-order valence-corrected chi connectivity index (χ2v) is 6.84. The molecule has 0 saturated heterocycles. The lowest BCUT2D eigenvalue weighted by Gasteiger charge is -2.09. The molecule has 3 rings (SSSR count). The van der Waals surface area contributed by atoms with Crippen LogP contribution in [0.4, 0.5) is 5.69 Å². The molecule has 24 heavy (non-hydrogen) atoms. The normalized spacial score (nSPS) is 11.1. The van der Waals surface area contributed by atoms with Crippen LogP contribution in [-0.4, -0.2) is 31.9 Å². The number of aromatic nitrogens is 4. The second-order valence-electron chi connectivity index (χ2n) is 5.90. The molecule has 0 atom stereocenters. The van der Waals surface area contributed by atoms with Gasteiger partial charge in [-0.15, -0.1) is 5.10 Å². The van der Waals surface area contributed by atoms with Crippen LogP contribution in [0.2, 0.25) is 0 Å². The summed E-state index contributed by atoms with van der Waals surface area (Å²) in [5.41, 5.74) is 0.820. The van der Waals surface area contributed by atoms with Gasteiger partial charge in [-0.1, -0.05) is 62.0 Å². The van der Waals surface area contributed by atoms with Crippen molar-refractivity contribution in [2.24, 2.45) is 5.92 Å². The summed E-state index contributed by atoms with van der Waals surface area (Å²) in [5.74, 6) is 0.634. The van der Waals surface area contributed by atoms with Crippen molar-refractivity contribution in [3.05, 3.63) is 42.5 Å². The molecule has 124 valence electrons. The highest BCUT2D eigenvalue weighted by molar-refractivity contribution is 7.99. The number of rotatable bonds is 6. The minimum absolute atomic E-state index is 0.0737. The first kappa shape index (κ1) is 16.4. The van der Waals surface area contributed by atoms with Crippen molar-refractivity contribution in [1.29, 1.82) is 0 Å². The van der Waals surface area contributed by atoms with Crippen molar-refractivity contribution in [1.82, 2.24) is 20.2 Å². The lowest BCUT2D eigenvalue weighted by molar-refractivity contribution is -0.113. The number of tetrazole rings is 1. The van der Waals surface area contributed by atoms with E-state index in [1.54, 1.807) is 4.68 Å². The molecule has 7 heteroatoms. The lowest BCUT2D eigenvalue weighted by atomic mass is 10.1. The van der Waals surface area contributed by atoms with E-state index >= 15 is 0 Å². The van der Waals surface area contributed by atoms with E-state index < -0.39 is 0 Å². The summed E-state index contributed by atoms with van der Waals surface area (Å²) < 4.78 is 1.74. The highest BCUT2D eigenvalue weighted by Crippen LogP contribution is 2.23. The van der Waals surface area contributed by atoms with Gasteiger partial charge < -0.3 is 5.32 Å². The Bertz CT molecular complexity index is 840. The van der Waals surface area contributed by atoms with Gasteiger partial charge in [0.2, 0.25) is 11.1 Å². The molecule has 1 amide bonds. The largest absolute Gasteiger partial charge is 0.325 e. The third kappa shape index (κ3) is 3.91. The van der Waals surface area contributed by atoms with Crippen molar-refractivity contribution < 1.29 is 4.79 Å². The molecule has 0 aliphatic carbocycles. The summed E-state index contributed by atoms with van der Waals surface area (Å²) >= 11 is 1.34. The molecule has 1 heterocycles. The number of fused-ring (bicyclic) bond motifs is 1. The van der Waals surface area contributed by atoms with E-state index in [2.05, 4.69) is 34.7 Å². The van der Waals surface area contributed by atoms with E-state index in [4.69, 9.17) is 0 Å². The molecule has 0 aliphatic rings. The van der Waals surface area contributed by atoms with Gasteiger partial charge in [0.15, 0.2) is 0 Å². The summed E-state index contributed by atoms with van der Waals surface area (Å²) in [5, 5.41) is 17.4. The molecular formula is C17H19N5OS. The number of hydrogen-bond donors (Lipinski definition) is 1. The summed E-state index contributed by atoms with van der Waals surface area (Å²) in [6, 6.07) is 13.9. The fraction of sp³-hybridized carbons (Fsp3) is 0.294. The van der Waals surface area contributed by atoms with Gasteiger partial charge in [-0.05, 0) is 27.8 Å². The van der Waals surface area contributed by atoms with Gasteiger partial charge in [-0.3, -0.25) is 4.79 Å². The van der Waals surface area contributed by atoms with Crippen molar-refractivity contribution in [2.45, 2.75) is 25.5 Å². The predicted molar refractivity (Wildman–Crippen MR) is 96.0 cm³/mol. The Balaban J connectivity index is 1.65. The number of nitrogens with one attached hydrogen (secondary N) is 1. The summed E-state index contributed by atoms with van der Waals surface area (Å²) in [6.07, 6.45) is 0. The molecule has 0 bridgehead atoms. The number of nitrogens with zero attached hydrogens (tertiary/aromatic N) is 4. The number of carbonyl (C=O) groups excluding carboxylic acids is 1. The maximum atomic E-state index is 12.3. The van der Waals surface area contributed by atoms with Crippen molar-refractivity contribution in [3.8, 4) is 0 Å². The topological polar surface area (TPSA) is 72.7 Å². The van der Waals surface area contributed by atoms with Crippen LogP contribution >= 0.6 is 11.8 Å². The monoisotopic (exact) mass is 341 g/mol. The molecule has 0 unspecified atom stereocenters. The molecule has 3 aromatic rings. The van der Waals surface area contributed by atoms with E-state index in [0.717, 1.165) is 23.0 Å². The number of benzene rings is 2. The third-order valence-electron chi connectivity index (χ3n) is 3.43. The molecule has 1 N–H and O–H groups in total. The van der Waals surface area contributed by atoms with Crippen LogP contribution in [0.15, 0.2) is 47.6 Å². The molecular weight excluding hydrogens is 322 g/mol. The number of carbonyl (C=O) groups is 1. The Labute approximate surface area is 144 Å². The molecule has 6 nitrogen and oxygen atoms in total. The van der Waals surface area contributed by atoms with E-state index in [1.807, 2.05) is 42.5 Å². The van der Waals surface area contributed by atoms with Gasteiger partial charge in [0.05, 0.1) is 5.75 Å². The van der Waals surface area contributed by atoms with Gasteiger partial charge in [0.1, 0.15) is 0 Å². The van der Waals surface area contributed by atoms with Crippen molar-refractivity contribution in [2.75, 3.05) is 11.1 Å². The predicted octanol–water partition coefficient (Wildman–Crippen LogP) is 3.21. The van der Waals surface area contributed by atoms with Gasteiger partial charge in [0.25, 0.3) is 0 Å². The molecule has 0 fully saturated rings. The smallest absolute Gasteiger partial charge is 0.234 e. The van der Waals surface area contributed by atoms with Gasteiger partial charge in [0, 0.05) is 17.6 Å². The zero-order chi connectivity index (χ0) is 16.9. The molecule has 0 saturated carbocycles. The average molecular weight is 341 g/mol. The zero-order valence-corrected chi connectivity index (χ0v) is 14.5. The first-order valence-electron chi connectivity index (χ1n) is 7.80. The van der Waals surface area contributed by atoms with E-state index in [9.17, 15) is 4.79 Å². The average Bonchev–Trinajstić information content (AvgIpc) is 3.00. The molecule has 0 aliphatic heterocycles. The van der Waals surface area contributed by atoms with Crippen LogP contribution in [0.5, 0.6) is 0 Å². The number of thioether (sulfide) groups is 1. The van der Waals surface area contributed by atoms with Crippen LogP contribution in [0.25, 0.3) is 10.8 Å². The highest BCUT2D eigenvalue weighted by Gasteiger charge is 2.12. The quantitative estimate of drug-likeness (QED) is 0.697. The van der Waals surface area contributed by atoms with Crippen LogP contribution in [0, 0.1) is 5.92 Å². The number of amides is 1. The Morgan fingerprint density at radius 2 is 2.00 bits per heavy atom. The SMILES string of the molecule is CC(C)Cn1nnnc1SCC(=O)Nc1cccc2ccccc12.